The summed E-state index contributed by atoms with van der Waals surface area (Å²) in [4.78, 5) is 0. The van der Waals surface area contributed by atoms with Gasteiger partial charge in [0.2, 0.25) is 0 Å². The lowest BCUT2D eigenvalue weighted by Gasteiger charge is -2.35. The van der Waals surface area contributed by atoms with Crippen LogP contribution >= 0.6 is 0 Å². The topological polar surface area (TPSA) is 0 Å². The molecular weight excluding hydrogens is 120 g/mol. The highest BCUT2D eigenvalue weighted by Gasteiger charge is 2.36. The Morgan fingerprint density at radius 2 is 2.30 bits per heavy atom. The number of allylic oxidation sites excluding steroid dienone is 2. The molecule has 1 fully saturated rings. The molecule has 0 spiro atoms. The first kappa shape index (κ1) is 6.45. The van der Waals surface area contributed by atoms with Crippen LogP contribution in [0.5, 0.6) is 0 Å². The molecule has 2 aliphatic carbocycles. The molecule has 56 valence electrons. The van der Waals surface area contributed by atoms with Gasteiger partial charge in [-0.15, -0.1) is 0 Å². The zero-order valence-corrected chi connectivity index (χ0v) is 6.77. The van der Waals surface area contributed by atoms with Gasteiger partial charge in [-0.3, -0.25) is 0 Å². The van der Waals surface area contributed by atoms with Gasteiger partial charge in [0, 0.05) is 0 Å². The van der Waals surface area contributed by atoms with Crippen LogP contribution in [-0.4, -0.2) is 0 Å². The first-order valence-corrected chi connectivity index (χ1v) is 4.49. The van der Waals surface area contributed by atoms with Gasteiger partial charge in [0.15, 0.2) is 0 Å². The average molecular weight is 136 g/mol. The second-order valence-corrected chi connectivity index (χ2v) is 4.09. The maximum absolute atomic E-state index is 2.46. The van der Waals surface area contributed by atoms with Crippen LogP contribution in [-0.2, 0) is 0 Å². The van der Waals surface area contributed by atoms with Gasteiger partial charge in [0.05, 0.1) is 0 Å². The van der Waals surface area contributed by atoms with Gasteiger partial charge in [-0.1, -0.05) is 31.9 Å². The number of hydrogen-bond donors (Lipinski definition) is 0. The minimum absolute atomic E-state index is 0.609. The lowest BCUT2D eigenvalue weighted by molar-refractivity contribution is 0.191. The summed E-state index contributed by atoms with van der Waals surface area (Å²) >= 11 is 0. The molecule has 2 atom stereocenters. The van der Waals surface area contributed by atoms with E-state index in [1.54, 1.807) is 0 Å². The van der Waals surface area contributed by atoms with Gasteiger partial charge < -0.3 is 0 Å². The summed E-state index contributed by atoms with van der Waals surface area (Å²) in [6.07, 6.45) is 12.0. The first-order valence-electron chi connectivity index (χ1n) is 4.49. The molecule has 0 amide bonds. The molecule has 0 aliphatic heterocycles. The van der Waals surface area contributed by atoms with Crippen molar-refractivity contribution in [2.75, 3.05) is 0 Å². The minimum Gasteiger partial charge on any atom is -0.0877 e. The van der Waals surface area contributed by atoms with E-state index in [0.717, 1.165) is 5.92 Å². The highest BCUT2D eigenvalue weighted by Crippen LogP contribution is 2.47. The molecular formula is C10H16. The maximum Gasteiger partial charge on any atom is -0.0115 e. The summed E-state index contributed by atoms with van der Waals surface area (Å²) in [6.45, 7) is 2.43. The van der Waals surface area contributed by atoms with Gasteiger partial charge in [-0.2, -0.15) is 0 Å². The molecule has 10 heavy (non-hydrogen) atoms. The Morgan fingerprint density at radius 1 is 1.40 bits per heavy atom. The summed E-state index contributed by atoms with van der Waals surface area (Å²) in [7, 11) is 0. The summed E-state index contributed by atoms with van der Waals surface area (Å²) in [5, 5.41) is 0. The molecule has 0 saturated heterocycles. The van der Waals surface area contributed by atoms with Crippen molar-refractivity contribution in [3.8, 4) is 0 Å². The largest absolute Gasteiger partial charge is 0.0877 e. The predicted molar refractivity (Wildman–Crippen MR) is 43.8 cm³/mol. The third-order valence-electron chi connectivity index (χ3n) is 3.37. The zero-order chi connectivity index (χ0) is 7.03. The smallest absolute Gasteiger partial charge is 0.0115 e. The Morgan fingerprint density at radius 3 is 3.10 bits per heavy atom. The number of hydrogen-bond acceptors (Lipinski definition) is 0. The van der Waals surface area contributed by atoms with E-state index < -0.39 is 0 Å². The zero-order valence-electron chi connectivity index (χ0n) is 6.77. The standard InChI is InChI=1S/C10H16/c1-10-7-3-2-5-9(10)6-4-8-10/h4,8-9H,2-3,5-7H2,1H3. The third kappa shape index (κ3) is 0.817. The van der Waals surface area contributed by atoms with E-state index in [4.69, 9.17) is 0 Å². The summed E-state index contributed by atoms with van der Waals surface area (Å²) < 4.78 is 0. The SMILES string of the molecule is CC12C=CCC1CCCC2. The Hall–Kier alpha value is -0.260. The van der Waals surface area contributed by atoms with Crippen LogP contribution in [0.2, 0.25) is 0 Å². The van der Waals surface area contributed by atoms with E-state index in [9.17, 15) is 0 Å². The van der Waals surface area contributed by atoms with E-state index in [2.05, 4.69) is 19.1 Å². The molecule has 0 aromatic carbocycles. The van der Waals surface area contributed by atoms with Crippen LogP contribution in [0.1, 0.15) is 39.0 Å². The van der Waals surface area contributed by atoms with Gasteiger partial charge in [0.25, 0.3) is 0 Å². The molecule has 0 bridgehead atoms. The molecule has 0 heterocycles. The van der Waals surface area contributed by atoms with Gasteiger partial charge in [-0.05, 0) is 30.6 Å². The van der Waals surface area contributed by atoms with Crippen LogP contribution in [0.15, 0.2) is 12.2 Å². The maximum atomic E-state index is 2.46. The van der Waals surface area contributed by atoms with Crippen molar-refractivity contribution in [2.45, 2.75) is 39.0 Å². The van der Waals surface area contributed by atoms with Crippen LogP contribution in [0.4, 0.5) is 0 Å². The van der Waals surface area contributed by atoms with Crippen LogP contribution in [0, 0.1) is 11.3 Å². The van der Waals surface area contributed by atoms with Gasteiger partial charge in [-0.25, -0.2) is 0 Å². The number of fused-ring (bicyclic) bond motifs is 1. The molecule has 0 nitrogen and oxygen atoms in total. The van der Waals surface area contributed by atoms with E-state index in [1.807, 2.05) is 0 Å². The average Bonchev–Trinajstić information content (AvgIpc) is 2.29. The van der Waals surface area contributed by atoms with Crippen LogP contribution in [0.3, 0.4) is 0 Å². The third-order valence-corrected chi connectivity index (χ3v) is 3.37. The highest BCUT2D eigenvalue weighted by molar-refractivity contribution is 5.10. The van der Waals surface area contributed by atoms with Crippen molar-refractivity contribution in [3.05, 3.63) is 12.2 Å². The minimum atomic E-state index is 0.609. The second kappa shape index (κ2) is 2.11. The Bertz CT molecular complexity index is 157. The molecule has 2 unspecified atom stereocenters. The van der Waals surface area contributed by atoms with E-state index >= 15 is 0 Å². The Balaban J connectivity index is 2.17. The first-order chi connectivity index (χ1) is 4.81. The molecule has 0 N–H and O–H groups in total. The van der Waals surface area contributed by atoms with E-state index in [0.29, 0.717) is 5.41 Å². The molecule has 0 radical (unpaired) electrons. The van der Waals surface area contributed by atoms with E-state index in [-0.39, 0.29) is 0 Å². The number of rotatable bonds is 0. The van der Waals surface area contributed by atoms with Crippen molar-refractivity contribution in [3.63, 3.8) is 0 Å². The molecule has 0 heteroatoms. The van der Waals surface area contributed by atoms with Crippen molar-refractivity contribution in [1.29, 1.82) is 0 Å². The molecule has 1 saturated carbocycles. The lowest BCUT2D eigenvalue weighted by Crippen LogP contribution is -2.24. The molecule has 0 aromatic heterocycles. The predicted octanol–water partition coefficient (Wildman–Crippen LogP) is 3.14. The highest BCUT2D eigenvalue weighted by atomic mass is 14.4. The molecule has 2 rings (SSSR count). The summed E-state index contributed by atoms with van der Waals surface area (Å²) in [5.41, 5.74) is 0.609. The van der Waals surface area contributed by atoms with E-state index in [1.165, 1.54) is 32.1 Å². The fourth-order valence-corrected chi connectivity index (χ4v) is 2.54. The van der Waals surface area contributed by atoms with Crippen LogP contribution in [0.25, 0.3) is 0 Å². The molecule has 2 aliphatic rings. The fraction of sp³-hybridized carbons (Fsp3) is 0.800. The molecule has 0 aromatic rings. The normalized spacial score (nSPS) is 45.5. The van der Waals surface area contributed by atoms with Crippen molar-refractivity contribution in [2.24, 2.45) is 11.3 Å². The fourth-order valence-electron chi connectivity index (χ4n) is 2.54. The Kier molecular flexibility index (Phi) is 1.36. The van der Waals surface area contributed by atoms with Crippen molar-refractivity contribution >= 4 is 0 Å². The summed E-state index contributed by atoms with van der Waals surface area (Å²) in [5.74, 6) is 1.00. The monoisotopic (exact) mass is 136 g/mol. The summed E-state index contributed by atoms with van der Waals surface area (Å²) in [6, 6.07) is 0. The van der Waals surface area contributed by atoms with Crippen LogP contribution < -0.4 is 0 Å². The van der Waals surface area contributed by atoms with Crippen molar-refractivity contribution in [1.82, 2.24) is 0 Å². The quantitative estimate of drug-likeness (QED) is 0.449. The van der Waals surface area contributed by atoms with Gasteiger partial charge >= 0.3 is 0 Å². The van der Waals surface area contributed by atoms with Gasteiger partial charge in [0.1, 0.15) is 0 Å². The van der Waals surface area contributed by atoms with Crippen molar-refractivity contribution < 1.29 is 0 Å². The second-order valence-electron chi connectivity index (χ2n) is 4.09. The Labute approximate surface area is 63.3 Å². The lowest BCUT2D eigenvalue weighted by atomic mass is 9.70.